The third-order valence-corrected chi connectivity index (χ3v) is 4.95. The number of nitrogens with one attached hydrogen (secondary N) is 1. The van der Waals surface area contributed by atoms with Gasteiger partial charge in [0.25, 0.3) is 10.2 Å². The van der Waals surface area contributed by atoms with Crippen molar-refractivity contribution in [1.29, 1.82) is 0 Å². The van der Waals surface area contributed by atoms with Crippen LogP contribution in [-0.4, -0.2) is 68.6 Å². The first-order chi connectivity index (χ1) is 9.02. The van der Waals surface area contributed by atoms with Crippen LogP contribution >= 0.6 is 0 Å². The number of nitrogens with zero attached hydrogens (tertiary/aromatic N) is 2. The van der Waals surface area contributed by atoms with Crippen LogP contribution in [0.1, 0.15) is 27.2 Å². The molecule has 1 aliphatic rings. The summed E-state index contributed by atoms with van der Waals surface area (Å²) >= 11 is 0. The highest BCUT2D eigenvalue weighted by Gasteiger charge is 2.32. The van der Waals surface area contributed by atoms with Gasteiger partial charge in [-0.25, -0.2) is 0 Å². The number of piperidine rings is 1. The predicted molar refractivity (Wildman–Crippen MR) is 80.6 cm³/mol. The smallest absolute Gasteiger partial charge is 0.279 e. The van der Waals surface area contributed by atoms with Crippen molar-refractivity contribution in [2.45, 2.75) is 32.8 Å². The average molecular weight is 307 g/mol. The Morgan fingerprint density at radius 1 is 1.30 bits per heavy atom. The fraction of sp³-hybridized carbons (Fsp3) is 1.00. The SMILES string of the molecule is CC1CC(C)CN(S(=O)(=O)NCC(C)(O)CN(C)C)C1. The van der Waals surface area contributed by atoms with Crippen molar-refractivity contribution in [3.63, 3.8) is 0 Å². The van der Waals surface area contributed by atoms with E-state index in [1.165, 1.54) is 4.31 Å². The zero-order valence-electron chi connectivity index (χ0n) is 13.3. The van der Waals surface area contributed by atoms with Crippen LogP contribution in [0.2, 0.25) is 0 Å². The molecule has 1 aliphatic heterocycles. The summed E-state index contributed by atoms with van der Waals surface area (Å²) in [6.07, 6.45) is 1.06. The minimum Gasteiger partial charge on any atom is -0.387 e. The first kappa shape index (κ1) is 17.8. The molecule has 2 N–H and O–H groups in total. The normalized spacial score (nSPS) is 28.6. The van der Waals surface area contributed by atoms with Crippen LogP contribution in [0.25, 0.3) is 0 Å². The summed E-state index contributed by atoms with van der Waals surface area (Å²) in [5, 5.41) is 10.2. The third kappa shape index (κ3) is 5.65. The van der Waals surface area contributed by atoms with Crippen molar-refractivity contribution in [3.8, 4) is 0 Å². The summed E-state index contributed by atoms with van der Waals surface area (Å²) in [5.41, 5.74) is -1.08. The van der Waals surface area contributed by atoms with E-state index in [-0.39, 0.29) is 6.54 Å². The van der Waals surface area contributed by atoms with E-state index < -0.39 is 15.8 Å². The molecule has 3 unspecified atom stereocenters. The zero-order valence-corrected chi connectivity index (χ0v) is 14.1. The Kier molecular flexibility index (Phi) is 5.98. The Balaban J connectivity index is 2.61. The van der Waals surface area contributed by atoms with Crippen LogP contribution in [0.4, 0.5) is 0 Å². The molecular formula is C13H29N3O3S. The summed E-state index contributed by atoms with van der Waals surface area (Å²) in [7, 11) is 0.175. The molecule has 6 nitrogen and oxygen atoms in total. The van der Waals surface area contributed by atoms with Crippen molar-refractivity contribution >= 4 is 10.2 Å². The van der Waals surface area contributed by atoms with Gasteiger partial charge in [-0.15, -0.1) is 0 Å². The minimum absolute atomic E-state index is 0.0206. The molecular weight excluding hydrogens is 278 g/mol. The molecule has 0 saturated carbocycles. The van der Waals surface area contributed by atoms with Gasteiger partial charge in [0.1, 0.15) is 0 Å². The van der Waals surface area contributed by atoms with Crippen LogP contribution in [0, 0.1) is 11.8 Å². The third-order valence-electron chi connectivity index (χ3n) is 3.47. The highest BCUT2D eigenvalue weighted by molar-refractivity contribution is 7.87. The minimum atomic E-state index is -3.51. The summed E-state index contributed by atoms with van der Waals surface area (Å²) in [6.45, 7) is 7.30. The van der Waals surface area contributed by atoms with Crippen molar-refractivity contribution < 1.29 is 13.5 Å². The molecule has 0 aromatic rings. The van der Waals surface area contributed by atoms with Gasteiger partial charge < -0.3 is 10.0 Å². The molecule has 7 heteroatoms. The standard InChI is InChI=1S/C13H29N3O3S/c1-11-6-12(2)8-16(7-11)20(18,19)14-9-13(3,17)10-15(4)5/h11-12,14,17H,6-10H2,1-5H3. The lowest BCUT2D eigenvalue weighted by Gasteiger charge is -2.35. The molecule has 0 aromatic heterocycles. The molecule has 0 amide bonds. The molecule has 0 aliphatic carbocycles. The van der Waals surface area contributed by atoms with E-state index in [1.807, 2.05) is 19.0 Å². The summed E-state index contributed by atoms with van der Waals surface area (Å²) in [5.74, 6) is 0.746. The van der Waals surface area contributed by atoms with Gasteiger partial charge in [0, 0.05) is 26.2 Å². The molecule has 0 aromatic carbocycles. The van der Waals surface area contributed by atoms with Gasteiger partial charge in [-0.05, 0) is 39.3 Å². The number of rotatable bonds is 6. The van der Waals surface area contributed by atoms with Gasteiger partial charge >= 0.3 is 0 Å². The first-order valence-corrected chi connectivity index (χ1v) is 8.58. The predicted octanol–water partition coefficient (Wildman–Crippen LogP) is 0.111. The lowest BCUT2D eigenvalue weighted by Crippen LogP contribution is -2.53. The van der Waals surface area contributed by atoms with Crippen LogP contribution in [-0.2, 0) is 10.2 Å². The second-order valence-corrected chi connectivity index (χ2v) is 8.58. The van der Waals surface area contributed by atoms with Gasteiger partial charge in [-0.3, -0.25) is 0 Å². The summed E-state index contributed by atoms with van der Waals surface area (Å²) in [4.78, 5) is 1.83. The molecule has 0 spiro atoms. The fourth-order valence-corrected chi connectivity index (χ4v) is 4.45. The van der Waals surface area contributed by atoms with Gasteiger partial charge in [0.15, 0.2) is 0 Å². The van der Waals surface area contributed by atoms with E-state index in [9.17, 15) is 13.5 Å². The highest BCUT2D eigenvalue weighted by Crippen LogP contribution is 2.22. The van der Waals surface area contributed by atoms with Crippen LogP contribution < -0.4 is 4.72 Å². The lowest BCUT2D eigenvalue weighted by atomic mass is 9.94. The van der Waals surface area contributed by atoms with Gasteiger partial charge in [0.2, 0.25) is 0 Å². The van der Waals surface area contributed by atoms with Crippen molar-refractivity contribution in [2.75, 3.05) is 40.3 Å². The van der Waals surface area contributed by atoms with E-state index in [4.69, 9.17) is 0 Å². The zero-order chi connectivity index (χ0) is 15.6. The molecule has 1 heterocycles. The van der Waals surface area contributed by atoms with E-state index in [0.717, 1.165) is 6.42 Å². The number of likely N-dealkylation sites (N-methyl/N-ethyl adjacent to an activating group) is 1. The van der Waals surface area contributed by atoms with E-state index in [1.54, 1.807) is 6.92 Å². The number of aliphatic hydroxyl groups is 1. The Morgan fingerprint density at radius 3 is 2.25 bits per heavy atom. The largest absolute Gasteiger partial charge is 0.387 e. The molecule has 1 saturated heterocycles. The monoisotopic (exact) mass is 307 g/mol. The highest BCUT2D eigenvalue weighted by atomic mass is 32.2. The Morgan fingerprint density at radius 2 is 1.80 bits per heavy atom. The van der Waals surface area contributed by atoms with Crippen LogP contribution in [0.3, 0.4) is 0 Å². The van der Waals surface area contributed by atoms with Crippen molar-refractivity contribution in [3.05, 3.63) is 0 Å². The molecule has 3 atom stereocenters. The number of hydrogen-bond acceptors (Lipinski definition) is 4. The summed E-state index contributed by atoms with van der Waals surface area (Å²) < 4.78 is 28.6. The maximum atomic E-state index is 12.3. The molecule has 0 radical (unpaired) electrons. The van der Waals surface area contributed by atoms with Gasteiger partial charge in [-0.1, -0.05) is 13.8 Å². The van der Waals surface area contributed by atoms with Crippen molar-refractivity contribution in [1.82, 2.24) is 13.9 Å². The van der Waals surface area contributed by atoms with Crippen molar-refractivity contribution in [2.24, 2.45) is 11.8 Å². The first-order valence-electron chi connectivity index (χ1n) is 7.14. The number of hydrogen-bond donors (Lipinski definition) is 2. The molecule has 20 heavy (non-hydrogen) atoms. The average Bonchev–Trinajstić information content (AvgIpc) is 2.23. The van der Waals surface area contributed by atoms with E-state index >= 15 is 0 Å². The van der Waals surface area contributed by atoms with E-state index in [0.29, 0.717) is 31.5 Å². The van der Waals surface area contributed by atoms with Crippen LogP contribution in [0.15, 0.2) is 0 Å². The fourth-order valence-electron chi connectivity index (χ4n) is 2.88. The topological polar surface area (TPSA) is 72.9 Å². The molecule has 1 fully saturated rings. The second kappa shape index (κ2) is 6.70. The van der Waals surface area contributed by atoms with E-state index in [2.05, 4.69) is 18.6 Å². The molecule has 120 valence electrons. The van der Waals surface area contributed by atoms with Gasteiger partial charge in [-0.2, -0.15) is 17.4 Å². The van der Waals surface area contributed by atoms with Gasteiger partial charge in [0.05, 0.1) is 5.60 Å². The lowest BCUT2D eigenvalue weighted by molar-refractivity contribution is 0.0380. The Labute approximate surface area is 123 Å². The Hall–Kier alpha value is -0.210. The molecule has 0 bridgehead atoms. The van der Waals surface area contributed by atoms with Crippen LogP contribution in [0.5, 0.6) is 0 Å². The maximum Gasteiger partial charge on any atom is 0.279 e. The Bertz CT molecular complexity index is 399. The molecule has 1 rings (SSSR count). The maximum absolute atomic E-state index is 12.3. The quantitative estimate of drug-likeness (QED) is 0.731. The second-order valence-electron chi connectivity index (χ2n) is 6.82. The summed E-state index contributed by atoms with van der Waals surface area (Å²) in [6, 6.07) is 0.